The lowest BCUT2D eigenvalue weighted by molar-refractivity contribution is 0.567. The van der Waals surface area contributed by atoms with E-state index < -0.39 is 0 Å². The second-order valence-corrected chi connectivity index (χ2v) is 5.20. The molecular formula is C13H17F. The average Bonchev–Trinajstić information content (AvgIpc) is 2.50. The van der Waals surface area contributed by atoms with E-state index in [1.54, 1.807) is 6.07 Å². The SMILES string of the molecule is CC(C)(C)c1cc(F)c2c(c1)CCC2. The number of hydrogen-bond acceptors (Lipinski definition) is 0. The molecular weight excluding hydrogens is 175 g/mol. The van der Waals surface area contributed by atoms with Crippen LogP contribution in [0, 0.1) is 5.82 Å². The van der Waals surface area contributed by atoms with Gasteiger partial charge in [-0.2, -0.15) is 0 Å². The third kappa shape index (κ3) is 1.56. The van der Waals surface area contributed by atoms with Crippen LogP contribution in [0.3, 0.4) is 0 Å². The van der Waals surface area contributed by atoms with Gasteiger partial charge >= 0.3 is 0 Å². The summed E-state index contributed by atoms with van der Waals surface area (Å²) in [5.74, 6) is 0.00456. The van der Waals surface area contributed by atoms with E-state index in [-0.39, 0.29) is 11.2 Å². The lowest BCUT2D eigenvalue weighted by atomic mass is 9.85. The zero-order valence-electron chi connectivity index (χ0n) is 9.15. The maximum atomic E-state index is 13.7. The van der Waals surface area contributed by atoms with Gasteiger partial charge in [0.05, 0.1) is 0 Å². The van der Waals surface area contributed by atoms with Crippen molar-refractivity contribution >= 4 is 0 Å². The monoisotopic (exact) mass is 192 g/mol. The van der Waals surface area contributed by atoms with Crippen molar-refractivity contribution in [3.05, 3.63) is 34.6 Å². The summed E-state index contributed by atoms with van der Waals surface area (Å²) in [5, 5.41) is 0. The van der Waals surface area contributed by atoms with Crippen LogP contribution in [0.5, 0.6) is 0 Å². The number of rotatable bonds is 0. The van der Waals surface area contributed by atoms with E-state index in [0.717, 1.165) is 30.4 Å². The van der Waals surface area contributed by atoms with Gasteiger partial charge in [0.1, 0.15) is 5.82 Å². The molecule has 0 spiro atoms. The fourth-order valence-corrected chi connectivity index (χ4v) is 2.09. The summed E-state index contributed by atoms with van der Waals surface area (Å²) in [5.41, 5.74) is 3.36. The Morgan fingerprint density at radius 3 is 2.50 bits per heavy atom. The van der Waals surface area contributed by atoms with E-state index in [0.29, 0.717) is 0 Å². The number of benzene rings is 1. The maximum absolute atomic E-state index is 13.7. The lowest BCUT2D eigenvalue weighted by Crippen LogP contribution is -2.12. The number of fused-ring (bicyclic) bond motifs is 1. The number of aryl methyl sites for hydroxylation is 1. The van der Waals surface area contributed by atoms with Gasteiger partial charge in [-0.3, -0.25) is 0 Å². The van der Waals surface area contributed by atoms with E-state index in [2.05, 4.69) is 26.8 Å². The van der Waals surface area contributed by atoms with Crippen LogP contribution < -0.4 is 0 Å². The molecule has 0 saturated heterocycles. The molecule has 1 aliphatic carbocycles. The quantitative estimate of drug-likeness (QED) is 0.589. The highest BCUT2D eigenvalue weighted by atomic mass is 19.1. The van der Waals surface area contributed by atoms with E-state index in [9.17, 15) is 4.39 Å². The van der Waals surface area contributed by atoms with Crippen LogP contribution in [0.1, 0.15) is 43.9 Å². The first kappa shape index (κ1) is 9.70. The number of halogens is 1. The van der Waals surface area contributed by atoms with Crippen molar-refractivity contribution in [3.8, 4) is 0 Å². The molecule has 0 radical (unpaired) electrons. The van der Waals surface area contributed by atoms with Crippen molar-refractivity contribution in [3.63, 3.8) is 0 Å². The zero-order valence-corrected chi connectivity index (χ0v) is 9.15. The molecule has 76 valence electrons. The van der Waals surface area contributed by atoms with Gasteiger partial charge in [0.2, 0.25) is 0 Å². The van der Waals surface area contributed by atoms with E-state index in [4.69, 9.17) is 0 Å². The second-order valence-electron chi connectivity index (χ2n) is 5.20. The van der Waals surface area contributed by atoms with Crippen LogP contribution in [0.4, 0.5) is 4.39 Å². The summed E-state index contributed by atoms with van der Waals surface area (Å²) < 4.78 is 13.7. The van der Waals surface area contributed by atoms with Crippen LogP contribution in [-0.2, 0) is 18.3 Å². The van der Waals surface area contributed by atoms with Gasteiger partial charge in [-0.25, -0.2) is 4.39 Å². The average molecular weight is 192 g/mol. The largest absolute Gasteiger partial charge is 0.207 e. The van der Waals surface area contributed by atoms with Gasteiger partial charge in [0.25, 0.3) is 0 Å². The molecule has 0 saturated carbocycles. The van der Waals surface area contributed by atoms with Gasteiger partial charge < -0.3 is 0 Å². The Morgan fingerprint density at radius 2 is 1.86 bits per heavy atom. The van der Waals surface area contributed by atoms with E-state index >= 15 is 0 Å². The first-order valence-corrected chi connectivity index (χ1v) is 5.30. The molecule has 0 atom stereocenters. The molecule has 0 bridgehead atoms. The van der Waals surface area contributed by atoms with Gasteiger partial charge in [-0.1, -0.05) is 26.8 Å². The zero-order chi connectivity index (χ0) is 10.3. The Hall–Kier alpha value is -0.850. The van der Waals surface area contributed by atoms with Gasteiger partial charge in [0.15, 0.2) is 0 Å². The normalized spacial score (nSPS) is 15.7. The molecule has 1 aliphatic rings. The third-order valence-electron chi connectivity index (χ3n) is 3.03. The summed E-state index contributed by atoms with van der Waals surface area (Å²) in [6, 6.07) is 3.90. The molecule has 1 aromatic carbocycles. The summed E-state index contributed by atoms with van der Waals surface area (Å²) in [7, 11) is 0. The van der Waals surface area contributed by atoms with Crippen molar-refractivity contribution in [1.82, 2.24) is 0 Å². The van der Waals surface area contributed by atoms with Crippen molar-refractivity contribution in [2.75, 3.05) is 0 Å². The second kappa shape index (κ2) is 3.08. The molecule has 0 aromatic heterocycles. The molecule has 14 heavy (non-hydrogen) atoms. The summed E-state index contributed by atoms with van der Waals surface area (Å²) >= 11 is 0. The Balaban J connectivity index is 2.52. The molecule has 0 aliphatic heterocycles. The van der Waals surface area contributed by atoms with Gasteiger partial charge in [-0.15, -0.1) is 0 Å². The van der Waals surface area contributed by atoms with Crippen molar-refractivity contribution in [2.24, 2.45) is 0 Å². The molecule has 1 heteroatoms. The Morgan fingerprint density at radius 1 is 1.14 bits per heavy atom. The smallest absolute Gasteiger partial charge is 0.126 e. The van der Waals surface area contributed by atoms with Crippen LogP contribution in [0.2, 0.25) is 0 Å². The first-order chi connectivity index (χ1) is 6.48. The van der Waals surface area contributed by atoms with Crippen molar-refractivity contribution < 1.29 is 4.39 Å². The summed E-state index contributed by atoms with van der Waals surface area (Å²) in [4.78, 5) is 0. The Kier molecular flexibility index (Phi) is 2.13. The maximum Gasteiger partial charge on any atom is 0.126 e. The molecule has 0 nitrogen and oxygen atoms in total. The molecule has 0 unspecified atom stereocenters. The Labute approximate surface area is 85.1 Å². The fourth-order valence-electron chi connectivity index (χ4n) is 2.09. The standard InChI is InChI=1S/C13H17F/c1-13(2,3)10-7-9-5-4-6-11(9)12(14)8-10/h7-8H,4-6H2,1-3H3. The minimum absolute atomic E-state index is 0.00456. The molecule has 0 fully saturated rings. The van der Waals surface area contributed by atoms with Crippen LogP contribution in [0.25, 0.3) is 0 Å². The molecule has 2 rings (SSSR count). The highest BCUT2D eigenvalue weighted by molar-refractivity contribution is 5.39. The molecule has 0 N–H and O–H groups in total. The highest BCUT2D eigenvalue weighted by Gasteiger charge is 2.21. The number of hydrogen-bond donors (Lipinski definition) is 0. The molecule has 1 aromatic rings. The minimum atomic E-state index is 0.00456. The van der Waals surface area contributed by atoms with Crippen molar-refractivity contribution in [1.29, 1.82) is 0 Å². The Bertz CT molecular complexity index is 358. The topological polar surface area (TPSA) is 0 Å². The van der Waals surface area contributed by atoms with Crippen LogP contribution in [-0.4, -0.2) is 0 Å². The lowest BCUT2D eigenvalue weighted by Gasteiger charge is -2.20. The fraction of sp³-hybridized carbons (Fsp3) is 0.538. The van der Waals surface area contributed by atoms with Crippen LogP contribution in [0.15, 0.2) is 12.1 Å². The van der Waals surface area contributed by atoms with Crippen molar-refractivity contribution in [2.45, 2.75) is 45.4 Å². The third-order valence-corrected chi connectivity index (χ3v) is 3.03. The summed E-state index contributed by atoms with van der Waals surface area (Å²) in [6.07, 6.45) is 3.08. The first-order valence-electron chi connectivity index (χ1n) is 5.30. The van der Waals surface area contributed by atoms with E-state index in [1.165, 1.54) is 5.56 Å². The molecule has 0 heterocycles. The van der Waals surface area contributed by atoms with Crippen LogP contribution >= 0.6 is 0 Å². The van der Waals surface area contributed by atoms with E-state index in [1.807, 2.05) is 0 Å². The molecule has 0 amide bonds. The highest BCUT2D eigenvalue weighted by Crippen LogP contribution is 2.31. The van der Waals surface area contributed by atoms with Gasteiger partial charge in [-0.05, 0) is 47.4 Å². The summed E-state index contributed by atoms with van der Waals surface area (Å²) in [6.45, 7) is 6.38. The predicted octanol–water partition coefficient (Wildman–Crippen LogP) is 3.61. The van der Waals surface area contributed by atoms with Gasteiger partial charge in [0, 0.05) is 0 Å². The minimum Gasteiger partial charge on any atom is -0.207 e. The predicted molar refractivity (Wildman–Crippen MR) is 57.1 cm³/mol.